The van der Waals surface area contributed by atoms with Crippen LogP contribution in [0.25, 0.3) is 0 Å². The second-order valence-electron chi connectivity index (χ2n) is 6.53. The molecule has 1 saturated carbocycles. The number of hydrogen-bond acceptors (Lipinski definition) is 3. The van der Waals surface area contributed by atoms with Gasteiger partial charge in [0.05, 0.1) is 9.92 Å². The van der Waals surface area contributed by atoms with Gasteiger partial charge >= 0.3 is 0 Å². The Morgan fingerprint density at radius 1 is 1.12 bits per heavy atom. The number of hydrazone groups is 1. The topological polar surface area (TPSA) is 58.5 Å². The van der Waals surface area contributed by atoms with Crippen LogP contribution in [0.2, 0.25) is 5.02 Å². The molecule has 4 nitrogen and oxygen atoms in total. The zero-order valence-electron chi connectivity index (χ0n) is 14.4. The molecule has 0 radical (unpaired) electrons. The van der Waals surface area contributed by atoms with Crippen LogP contribution >= 0.6 is 11.6 Å². The lowest BCUT2D eigenvalue weighted by Crippen LogP contribution is -2.22. The first-order chi connectivity index (χ1) is 12.3. The second-order valence-corrected chi connectivity index (χ2v) is 8.60. The van der Waals surface area contributed by atoms with Crippen LogP contribution in [-0.2, 0) is 10.0 Å². The summed E-state index contributed by atoms with van der Waals surface area (Å²) in [6.07, 6.45) is 2.94. The molecule has 26 heavy (non-hydrogen) atoms. The molecule has 7 heteroatoms. The molecule has 0 unspecified atom stereocenters. The Hall–Kier alpha value is -1.92. The Morgan fingerprint density at radius 3 is 2.38 bits per heavy atom. The average molecular weight is 395 g/mol. The van der Waals surface area contributed by atoms with Gasteiger partial charge in [-0.25, -0.2) is 9.22 Å². The first-order valence-corrected chi connectivity index (χ1v) is 10.3. The summed E-state index contributed by atoms with van der Waals surface area (Å²) in [4.78, 5) is 2.51. The number of aryl methyl sites for hydroxylation is 1. The number of halogens is 2. The zero-order valence-corrected chi connectivity index (χ0v) is 15.9. The molecule has 3 rings (SSSR count). The molecule has 0 spiro atoms. The molecule has 0 heterocycles. The van der Waals surface area contributed by atoms with Crippen LogP contribution in [0.1, 0.15) is 42.7 Å². The van der Waals surface area contributed by atoms with Crippen LogP contribution in [-0.4, -0.2) is 14.1 Å². The molecule has 0 aliphatic heterocycles. The lowest BCUT2D eigenvalue weighted by atomic mass is 9.83. The van der Waals surface area contributed by atoms with Crippen LogP contribution in [0.3, 0.4) is 0 Å². The first-order valence-electron chi connectivity index (χ1n) is 8.44. The molecule has 1 N–H and O–H groups in total. The van der Waals surface area contributed by atoms with Crippen molar-refractivity contribution in [1.29, 1.82) is 0 Å². The van der Waals surface area contributed by atoms with Crippen molar-refractivity contribution in [3.63, 3.8) is 0 Å². The van der Waals surface area contributed by atoms with Gasteiger partial charge in [-0.1, -0.05) is 35.4 Å². The summed E-state index contributed by atoms with van der Waals surface area (Å²) in [5, 5.41) is 4.22. The van der Waals surface area contributed by atoms with Crippen molar-refractivity contribution in [1.82, 2.24) is 4.83 Å². The van der Waals surface area contributed by atoms with Crippen LogP contribution < -0.4 is 4.83 Å². The number of sulfonamides is 1. The minimum Gasteiger partial charge on any atom is -0.205 e. The van der Waals surface area contributed by atoms with Crippen LogP contribution in [0.15, 0.2) is 52.5 Å². The van der Waals surface area contributed by atoms with E-state index in [1.807, 2.05) is 13.0 Å². The van der Waals surface area contributed by atoms with Crippen molar-refractivity contribution in [2.45, 2.75) is 43.4 Å². The number of nitrogens with zero attached hydrogens (tertiary/aromatic N) is 1. The maximum atomic E-state index is 13.6. The van der Waals surface area contributed by atoms with E-state index in [1.165, 1.54) is 6.07 Å². The number of hydrogen-bond donors (Lipinski definition) is 1. The van der Waals surface area contributed by atoms with E-state index in [9.17, 15) is 12.8 Å². The van der Waals surface area contributed by atoms with Crippen molar-refractivity contribution >= 4 is 27.3 Å². The summed E-state index contributed by atoms with van der Waals surface area (Å²) in [5.41, 5.74) is 2.73. The highest BCUT2D eigenvalue weighted by atomic mass is 35.5. The number of nitrogens with one attached hydrogen (secondary N) is 1. The van der Waals surface area contributed by atoms with E-state index in [0.717, 1.165) is 29.7 Å². The molecule has 0 aromatic heterocycles. The maximum absolute atomic E-state index is 13.6. The molecule has 2 aromatic carbocycles. The molecular weight excluding hydrogens is 375 g/mol. The van der Waals surface area contributed by atoms with Crippen LogP contribution in [0.4, 0.5) is 4.39 Å². The Balaban J connectivity index is 1.62. The van der Waals surface area contributed by atoms with Gasteiger partial charge in [0.2, 0.25) is 0 Å². The van der Waals surface area contributed by atoms with Gasteiger partial charge in [0.1, 0.15) is 5.82 Å². The molecule has 0 amide bonds. The van der Waals surface area contributed by atoms with Crippen LogP contribution in [0, 0.1) is 12.7 Å². The molecular formula is C19H20ClFN2O2S. The van der Waals surface area contributed by atoms with Crippen molar-refractivity contribution in [3.8, 4) is 0 Å². The van der Waals surface area contributed by atoms with E-state index in [1.54, 1.807) is 30.3 Å². The zero-order chi connectivity index (χ0) is 18.7. The van der Waals surface area contributed by atoms with E-state index in [4.69, 9.17) is 11.6 Å². The summed E-state index contributed by atoms with van der Waals surface area (Å²) in [7, 11) is -3.65. The highest BCUT2D eigenvalue weighted by Crippen LogP contribution is 2.33. The smallest absolute Gasteiger partial charge is 0.205 e. The SMILES string of the molecule is Cc1ccc(S(=O)(=O)NN=C2CCC(c3ccc(Cl)c(F)c3)CC2)cc1. The molecule has 0 bridgehead atoms. The van der Waals surface area contributed by atoms with Gasteiger partial charge in [0.15, 0.2) is 0 Å². The van der Waals surface area contributed by atoms with E-state index in [2.05, 4.69) is 9.93 Å². The van der Waals surface area contributed by atoms with Crippen molar-refractivity contribution in [2.75, 3.05) is 0 Å². The fourth-order valence-corrected chi connectivity index (χ4v) is 4.02. The molecule has 0 saturated heterocycles. The molecule has 1 aliphatic rings. The standard InChI is InChI=1S/C19H20ClFN2O2S/c1-13-2-9-17(10-3-13)26(24,25)23-22-16-7-4-14(5-8-16)15-6-11-18(20)19(21)12-15/h2-3,6,9-12,14,23H,4-5,7-8H2,1H3. The summed E-state index contributed by atoms with van der Waals surface area (Å²) in [6.45, 7) is 1.90. The van der Waals surface area contributed by atoms with Gasteiger partial charge in [-0.3, -0.25) is 0 Å². The lowest BCUT2D eigenvalue weighted by Gasteiger charge is -2.23. The predicted molar refractivity (Wildman–Crippen MR) is 102 cm³/mol. The van der Waals surface area contributed by atoms with Crippen molar-refractivity contribution in [3.05, 3.63) is 64.4 Å². The predicted octanol–water partition coefficient (Wildman–Crippen LogP) is 4.78. The van der Waals surface area contributed by atoms with Crippen molar-refractivity contribution < 1.29 is 12.8 Å². The minimum atomic E-state index is -3.65. The van der Waals surface area contributed by atoms with E-state index in [-0.39, 0.29) is 15.8 Å². The van der Waals surface area contributed by atoms with E-state index < -0.39 is 15.8 Å². The molecule has 0 atom stereocenters. The molecule has 1 fully saturated rings. The minimum absolute atomic E-state index is 0.123. The Morgan fingerprint density at radius 2 is 1.77 bits per heavy atom. The fourth-order valence-electron chi connectivity index (χ4n) is 3.06. The summed E-state index contributed by atoms with van der Waals surface area (Å²) < 4.78 is 38.2. The summed E-state index contributed by atoms with van der Waals surface area (Å²) in [5.74, 6) is -0.177. The quantitative estimate of drug-likeness (QED) is 0.758. The Kier molecular flexibility index (Phi) is 5.63. The number of benzene rings is 2. The van der Waals surface area contributed by atoms with Gasteiger partial charge in [-0.2, -0.15) is 13.5 Å². The average Bonchev–Trinajstić information content (AvgIpc) is 2.63. The Bertz CT molecular complexity index is 917. The highest BCUT2D eigenvalue weighted by Gasteiger charge is 2.21. The van der Waals surface area contributed by atoms with Gasteiger partial charge in [0, 0.05) is 5.71 Å². The summed E-state index contributed by atoms with van der Waals surface area (Å²) >= 11 is 5.73. The lowest BCUT2D eigenvalue weighted by molar-refractivity contribution is 0.553. The molecule has 138 valence electrons. The summed E-state index contributed by atoms with van der Waals surface area (Å²) in [6, 6.07) is 11.5. The highest BCUT2D eigenvalue weighted by molar-refractivity contribution is 7.89. The molecule has 1 aliphatic carbocycles. The van der Waals surface area contributed by atoms with Gasteiger partial charge in [-0.15, -0.1) is 0 Å². The third-order valence-corrected chi connectivity index (χ3v) is 6.16. The normalized spacial score (nSPS) is 17.8. The fraction of sp³-hybridized carbons (Fsp3) is 0.316. The largest absolute Gasteiger partial charge is 0.276 e. The third kappa shape index (κ3) is 4.43. The van der Waals surface area contributed by atoms with Gasteiger partial charge in [0.25, 0.3) is 10.0 Å². The number of rotatable bonds is 4. The van der Waals surface area contributed by atoms with Gasteiger partial charge < -0.3 is 0 Å². The van der Waals surface area contributed by atoms with Crippen LogP contribution in [0.5, 0.6) is 0 Å². The van der Waals surface area contributed by atoms with E-state index in [0.29, 0.717) is 12.8 Å². The monoisotopic (exact) mass is 394 g/mol. The second kappa shape index (κ2) is 7.76. The maximum Gasteiger partial charge on any atom is 0.276 e. The Labute approximate surface area is 158 Å². The third-order valence-electron chi connectivity index (χ3n) is 4.63. The van der Waals surface area contributed by atoms with E-state index >= 15 is 0 Å². The van der Waals surface area contributed by atoms with Crippen molar-refractivity contribution in [2.24, 2.45) is 5.10 Å². The first kappa shape index (κ1) is 18.9. The van der Waals surface area contributed by atoms with Gasteiger partial charge in [-0.05, 0) is 68.4 Å². The molecule has 2 aromatic rings.